The smallest absolute Gasteiger partial charge is 0.270 e. The maximum atomic E-state index is 11.0. The van der Waals surface area contributed by atoms with Crippen molar-refractivity contribution in [3.63, 3.8) is 0 Å². The number of rotatable bonds is 6. The number of benzene rings is 2. The van der Waals surface area contributed by atoms with Crippen molar-refractivity contribution in [1.82, 2.24) is 9.88 Å². The fourth-order valence-electron chi connectivity index (χ4n) is 4.04. The minimum absolute atomic E-state index is 0.0493. The summed E-state index contributed by atoms with van der Waals surface area (Å²) < 4.78 is 5.85. The Morgan fingerprint density at radius 2 is 2.04 bits per heavy atom. The molecule has 0 amide bonds. The Balaban J connectivity index is 1.39. The van der Waals surface area contributed by atoms with Gasteiger partial charge < -0.3 is 4.42 Å². The average Bonchev–Trinajstić information content (AvgIpc) is 3.34. The van der Waals surface area contributed by atoms with Crippen LogP contribution in [0.1, 0.15) is 30.7 Å². The Bertz CT molecular complexity index is 954. The molecule has 6 heteroatoms. The van der Waals surface area contributed by atoms with Crippen LogP contribution in [0.2, 0.25) is 0 Å². The molecule has 2 heterocycles. The lowest BCUT2D eigenvalue weighted by Gasteiger charge is -2.24. The van der Waals surface area contributed by atoms with E-state index < -0.39 is 4.92 Å². The third-order valence-electron chi connectivity index (χ3n) is 5.62. The van der Waals surface area contributed by atoms with Crippen molar-refractivity contribution in [2.24, 2.45) is 0 Å². The number of oxazole rings is 1. The van der Waals surface area contributed by atoms with Gasteiger partial charge in [-0.15, -0.1) is 0 Å². The lowest BCUT2D eigenvalue weighted by atomic mass is 9.93. The quantitative estimate of drug-likeness (QED) is 0.461. The van der Waals surface area contributed by atoms with Gasteiger partial charge in [-0.25, -0.2) is 4.98 Å². The first kappa shape index (κ1) is 18.4. The number of hydrogen-bond acceptors (Lipinski definition) is 5. The van der Waals surface area contributed by atoms with E-state index in [0.29, 0.717) is 29.2 Å². The Morgan fingerprint density at radius 3 is 2.82 bits per heavy atom. The van der Waals surface area contributed by atoms with Crippen LogP contribution in [0.3, 0.4) is 0 Å². The SMILES string of the molecule is C[C@@H]1[C@H](c2ccccc2)CCN1CCc1ncc(-c2cccc([N+](=O)[O-])c2)o1. The van der Waals surface area contributed by atoms with Gasteiger partial charge in [0.05, 0.1) is 11.1 Å². The van der Waals surface area contributed by atoms with Gasteiger partial charge in [0.1, 0.15) is 0 Å². The average molecular weight is 377 g/mol. The molecule has 0 N–H and O–H groups in total. The van der Waals surface area contributed by atoms with Crippen LogP contribution in [0, 0.1) is 10.1 Å². The van der Waals surface area contributed by atoms with E-state index in [9.17, 15) is 10.1 Å². The predicted octanol–water partition coefficient (Wildman–Crippen LogP) is 4.67. The van der Waals surface area contributed by atoms with Crippen LogP contribution in [0.5, 0.6) is 0 Å². The number of non-ortho nitro benzene ring substituents is 1. The van der Waals surface area contributed by atoms with Gasteiger partial charge in [-0.05, 0) is 25.5 Å². The van der Waals surface area contributed by atoms with Gasteiger partial charge in [-0.1, -0.05) is 42.5 Å². The normalized spacial score (nSPS) is 19.8. The maximum Gasteiger partial charge on any atom is 0.270 e. The number of likely N-dealkylation sites (tertiary alicyclic amines) is 1. The Labute approximate surface area is 164 Å². The summed E-state index contributed by atoms with van der Waals surface area (Å²) in [7, 11) is 0. The topological polar surface area (TPSA) is 72.4 Å². The van der Waals surface area contributed by atoms with Crippen molar-refractivity contribution in [2.75, 3.05) is 13.1 Å². The molecule has 4 rings (SSSR count). The van der Waals surface area contributed by atoms with Crippen LogP contribution < -0.4 is 0 Å². The van der Waals surface area contributed by atoms with E-state index in [4.69, 9.17) is 4.42 Å². The molecule has 1 aliphatic rings. The summed E-state index contributed by atoms with van der Waals surface area (Å²) in [5.41, 5.74) is 2.13. The summed E-state index contributed by atoms with van der Waals surface area (Å²) in [5.74, 6) is 1.79. The summed E-state index contributed by atoms with van der Waals surface area (Å²) in [4.78, 5) is 17.4. The maximum absolute atomic E-state index is 11.0. The molecule has 0 saturated carbocycles. The second-order valence-electron chi connectivity index (χ2n) is 7.26. The zero-order valence-corrected chi connectivity index (χ0v) is 15.8. The number of nitro groups is 1. The molecule has 1 aromatic heterocycles. The standard InChI is InChI=1S/C22H23N3O3/c1-16-20(17-6-3-2-4-7-17)10-12-24(16)13-11-22-23-15-21(28-22)18-8-5-9-19(14-18)25(26)27/h2-9,14-16,20H,10-13H2,1H3/t16-,20-/m1/s1. The van der Waals surface area contributed by atoms with Crippen molar-refractivity contribution in [3.05, 3.63) is 82.4 Å². The highest BCUT2D eigenvalue weighted by atomic mass is 16.6. The summed E-state index contributed by atoms with van der Waals surface area (Å²) in [6.07, 6.45) is 3.53. The molecule has 2 aromatic carbocycles. The molecule has 2 atom stereocenters. The Morgan fingerprint density at radius 1 is 1.21 bits per heavy atom. The number of hydrogen-bond donors (Lipinski definition) is 0. The molecule has 1 fully saturated rings. The van der Waals surface area contributed by atoms with E-state index in [-0.39, 0.29) is 5.69 Å². The van der Waals surface area contributed by atoms with Crippen LogP contribution in [0.25, 0.3) is 11.3 Å². The molecular weight excluding hydrogens is 354 g/mol. The highest BCUT2D eigenvalue weighted by Gasteiger charge is 2.31. The van der Waals surface area contributed by atoms with E-state index in [0.717, 1.165) is 25.9 Å². The monoisotopic (exact) mass is 377 g/mol. The second-order valence-corrected chi connectivity index (χ2v) is 7.26. The highest BCUT2D eigenvalue weighted by Crippen LogP contribution is 2.33. The van der Waals surface area contributed by atoms with E-state index in [1.807, 2.05) is 0 Å². The van der Waals surface area contributed by atoms with Crippen LogP contribution in [0.15, 0.2) is 65.2 Å². The third-order valence-corrected chi connectivity index (χ3v) is 5.62. The van der Waals surface area contributed by atoms with Gasteiger partial charge >= 0.3 is 0 Å². The lowest BCUT2D eigenvalue weighted by Crippen LogP contribution is -2.31. The molecular formula is C22H23N3O3. The molecule has 0 spiro atoms. The number of nitrogens with zero attached hydrogens (tertiary/aromatic N) is 3. The molecule has 0 aliphatic carbocycles. The molecule has 3 aromatic rings. The van der Waals surface area contributed by atoms with Gasteiger partial charge in [0.15, 0.2) is 11.7 Å². The second kappa shape index (κ2) is 7.94. The van der Waals surface area contributed by atoms with Crippen molar-refractivity contribution in [2.45, 2.75) is 31.7 Å². The first-order valence-electron chi connectivity index (χ1n) is 9.60. The van der Waals surface area contributed by atoms with E-state index >= 15 is 0 Å². The molecule has 1 aliphatic heterocycles. The predicted molar refractivity (Wildman–Crippen MR) is 107 cm³/mol. The van der Waals surface area contributed by atoms with Crippen LogP contribution in [-0.4, -0.2) is 33.9 Å². The van der Waals surface area contributed by atoms with E-state index in [2.05, 4.69) is 47.1 Å². The molecule has 1 saturated heterocycles. The minimum Gasteiger partial charge on any atom is -0.441 e. The third kappa shape index (κ3) is 3.82. The van der Waals surface area contributed by atoms with Gasteiger partial charge in [0.25, 0.3) is 5.69 Å². The fraction of sp³-hybridized carbons (Fsp3) is 0.318. The fourth-order valence-corrected chi connectivity index (χ4v) is 4.04. The highest BCUT2D eigenvalue weighted by molar-refractivity contribution is 5.60. The summed E-state index contributed by atoms with van der Waals surface area (Å²) in [6.45, 7) is 4.24. The minimum atomic E-state index is -0.404. The van der Waals surface area contributed by atoms with Crippen molar-refractivity contribution in [1.29, 1.82) is 0 Å². The lowest BCUT2D eigenvalue weighted by molar-refractivity contribution is -0.384. The Kier molecular flexibility index (Phi) is 5.21. The summed E-state index contributed by atoms with van der Waals surface area (Å²) in [6, 6.07) is 17.6. The summed E-state index contributed by atoms with van der Waals surface area (Å²) >= 11 is 0. The molecule has 144 valence electrons. The first-order chi connectivity index (χ1) is 13.6. The number of nitro benzene ring substituents is 1. The molecule has 0 unspecified atom stereocenters. The summed E-state index contributed by atoms with van der Waals surface area (Å²) in [5, 5.41) is 11.0. The molecule has 0 radical (unpaired) electrons. The van der Waals surface area contributed by atoms with E-state index in [1.165, 1.54) is 17.7 Å². The van der Waals surface area contributed by atoms with E-state index in [1.54, 1.807) is 18.3 Å². The van der Waals surface area contributed by atoms with Gasteiger partial charge in [0, 0.05) is 42.6 Å². The number of aromatic nitrogens is 1. The molecule has 0 bridgehead atoms. The van der Waals surface area contributed by atoms with Crippen LogP contribution >= 0.6 is 0 Å². The zero-order chi connectivity index (χ0) is 19.5. The van der Waals surface area contributed by atoms with Crippen molar-refractivity contribution >= 4 is 5.69 Å². The van der Waals surface area contributed by atoms with Crippen LogP contribution in [0.4, 0.5) is 5.69 Å². The van der Waals surface area contributed by atoms with Crippen LogP contribution in [-0.2, 0) is 6.42 Å². The van der Waals surface area contributed by atoms with Crippen molar-refractivity contribution < 1.29 is 9.34 Å². The van der Waals surface area contributed by atoms with Crippen molar-refractivity contribution in [3.8, 4) is 11.3 Å². The zero-order valence-electron chi connectivity index (χ0n) is 15.8. The Hall–Kier alpha value is -2.99. The molecule has 6 nitrogen and oxygen atoms in total. The largest absolute Gasteiger partial charge is 0.441 e. The molecule has 28 heavy (non-hydrogen) atoms. The van der Waals surface area contributed by atoms with Gasteiger partial charge in [0.2, 0.25) is 0 Å². The van der Waals surface area contributed by atoms with Gasteiger partial charge in [-0.3, -0.25) is 15.0 Å². The van der Waals surface area contributed by atoms with Gasteiger partial charge in [-0.2, -0.15) is 0 Å². The first-order valence-corrected chi connectivity index (χ1v) is 9.60.